The number of ether oxygens (including phenoxy) is 2. The third-order valence-electron chi connectivity index (χ3n) is 3.19. The summed E-state index contributed by atoms with van der Waals surface area (Å²) in [5.41, 5.74) is 0. The molecule has 0 aromatic rings. The fourth-order valence-corrected chi connectivity index (χ4v) is 2.17. The minimum atomic E-state index is -0.428. The van der Waals surface area contributed by atoms with Crippen LogP contribution in [0.15, 0.2) is 0 Å². The second kappa shape index (κ2) is 5.41. The van der Waals surface area contributed by atoms with Crippen LogP contribution in [0, 0.1) is 11.8 Å². The molecule has 1 rings (SSSR count). The number of methoxy groups -OCH3 is 2. The molecule has 0 bridgehead atoms. The van der Waals surface area contributed by atoms with E-state index >= 15 is 0 Å². The van der Waals surface area contributed by atoms with Gasteiger partial charge in [0.25, 0.3) is 0 Å². The molecule has 0 aliphatic carbocycles. The molecule has 0 aromatic heterocycles. The highest BCUT2D eigenvalue weighted by molar-refractivity contribution is 6.04. The number of amides is 2. The molecule has 5 heteroatoms. The molecule has 0 radical (unpaired) electrons. The summed E-state index contributed by atoms with van der Waals surface area (Å²) in [7, 11) is 4.59. The maximum atomic E-state index is 11.8. The molecule has 1 aliphatic rings. The molecular formula is C11H19NO4. The standard InChI is InChI=1S/C11H19NO4/c1-5-7-8(6-9(15-3)16-4)11(14)12(2)10(7)13/h7-9H,5-6H2,1-4H3. The van der Waals surface area contributed by atoms with Gasteiger partial charge >= 0.3 is 0 Å². The van der Waals surface area contributed by atoms with Crippen LogP contribution >= 0.6 is 0 Å². The third-order valence-corrected chi connectivity index (χ3v) is 3.19. The number of hydrogen-bond acceptors (Lipinski definition) is 4. The summed E-state index contributed by atoms with van der Waals surface area (Å²) in [5.74, 6) is -0.767. The number of nitrogens with zero attached hydrogens (tertiary/aromatic N) is 1. The fourth-order valence-electron chi connectivity index (χ4n) is 2.17. The summed E-state index contributed by atoms with van der Waals surface area (Å²) >= 11 is 0. The highest BCUT2D eigenvalue weighted by Gasteiger charge is 2.45. The van der Waals surface area contributed by atoms with Gasteiger partial charge in [-0.1, -0.05) is 6.92 Å². The van der Waals surface area contributed by atoms with Gasteiger partial charge in [0.2, 0.25) is 11.8 Å². The summed E-state index contributed by atoms with van der Waals surface area (Å²) in [5, 5.41) is 0. The van der Waals surface area contributed by atoms with Crippen molar-refractivity contribution in [3.63, 3.8) is 0 Å². The zero-order chi connectivity index (χ0) is 12.3. The van der Waals surface area contributed by atoms with Crippen LogP contribution in [0.5, 0.6) is 0 Å². The quantitative estimate of drug-likeness (QED) is 0.512. The number of carbonyl (C=O) groups excluding carboxylic acids is 2. The van der Waals surface area contributed by atoms with Crippen LogP contribution in [0.1, 0.15) is 19.8 Å². The second-order valence-corrected chi connectivity index (χ2v) is 3.99. The number of likely N-dealkylation sites (tertiary alicyclic amines) is 1. The first-order chi connectivity index (χ1) is 7.56. The van der Waals surface area contributed by atoms with Crippen LogP contribution in [0.25, 0.3) is 0 Å². The summed E-state index contributed by atoms with van der Waals surface area (Å²) in [6, 6.07) is 0. The highest BCUT2D eigenvalue weighted by atomic mass is 16.7. The molecule has 92 valence electrons. The maximum Gasteiger partial charge on any atom is 0.233 e. The van der Waals surface area contributed by atoms with Crippen LogP contribution in [-0.4, -0.2) is 44.3 Å². The van der Waals surface area contributed by atoms with Crippen LogP contribution in [0.4, 0.5) is 0 Å². The Morgan fingerprint density at radius 3 is 2.12 bits per heavy atom. The van der Waals surface area contributed by atoms with Crippen LogP contribution in [0.2, 0.25) is 0 Å². The lowest BCUT2D eigenvalue weighted by Gasteiger charge is -2.19. The average Bonchev–Trinajstić information content (AvgIpc) is 2.50. The van der Waals surface area contributed by atoms with Gasteiger partial charge in [0.15, 0.2) is 6.29 Å². The van der Waals surface area contributed by atoms with E-state index in [1.54, 1.807) is 0 Å². The Bertz CT molecular complexity index is 275. The lowest BCUT2D eigenvalue weighted by atomic mass is 9.89. The molecule has 0 N–H and O–H groups in total. The minimum Gasteiger partial charge on any atom is -0.356 e. The first kappa shape index (κ1) is 13.1. The molecule has 0 saturated carbocycles. The van der Waals surface area contributed by atoms with Gasteiger partial charge in [-0.25, -0.2) is 0 Å². The van der Waals surface area contributed by atoms with Crippen molar-refractivity contribution < 1.29 is 19.1 Å². The van der Waals surface area contributed by atoms with E-state index in [1.165, 1.54) is 26.2 Å². The van der Waals surface area contributed by atoms with Crippen molar-refractivity contribution in [3.05, 3.63) is 0 Å². The zero-order valence-corrected chi connectivity index (χ0v) is 10.2. The van der Waals surface area contributed by atoms with E-state index in [0.717, 1.165) is 0 Å². The zero-order valence-electron chi connectivity index (χ0n) is 10.2. The number of rotatable bonds is 5. The minimum absolute atomic E-state index is 0.0940. The normalized spacial score (nSPS) is 25.9. The summed E-state index contributed by atoms with van der Waals surface area (Å²) < 4.78 is 10.1. The molecule has 0 aromatic carbocycles. The van der Waals surface area contributed by atoms with Crippen molar-refractivity contribution in [1.82, 2.24) is 4.90 Å². The summed E-state index contributed by atoms with van der Waals surface area (Å²) in [4.78, 5) is 24.8. The van der Waals surface area contributed by atoms with E-state index in [9.17, 15) is 9.59 Å². The number of imide groups is 1. The van der Waals surface area contributed by atoms with E-state index in [1.807, 2.05) is 6.92 Å². The molecular weight excluding hydrogens is 210 g/mol. The van der Waals surface area contributed by atoms with Crippen molar-refractivity contribution >= 4 is 11.8 Å². The van der Waals surface area contributed by atoms with Crippen molar-refractivity contribution in [3.8, 4) is 0 Å². The Morgan fingerprint density at radius 2 is 1.69 bits per heavy atom. The monoisotopic (exact) mass is 229 g/mol. The van der Waals surface area contributed by atoms with Crippen LogP contribution in [-0.2, 0) is 19.1 Å². The third kappa shape index (κ3) is 2.25. The topological polar surface area (TPSA) is 55.8 Å². The summed E-state index contributed by atoms with van der Waals surface area (Å²) in [6.07, 6.45) is 0.669. The Labute approximate surface area is 95.7 Å². The van der Waals surface area contributed by atoms with Crippen molar-refractivity contribution in [1.29, 1.82) is 0 Å². The van der Waals surface area contributed by atoms with Gasteiger partial charge in [0, 0.05) is 27.7 Å². The molecule has 1 aliphatic heterocycles. The van der Waals surface area contributed by atoms with Gasteiger partial charge in [-0.15, -0.1) is 0 Å². The Hall–Kier alpha value is -0.940. The molecule has 2 unspecified atom stereocenters. The van der Waals surface area contributed by atoms with Gasteiger partial charge in [-0.3, -0.25) is 14.5 Å². The average molecular weight is 229 g/mol. The number of carbonyl (C=O) groups is 2. The van der Waals surface area contributed by atoms with Gasteiger partial charge in [-0.05, 0) is 6.42 Å². The largest absolute Gasteiger partial charge is 0.356 e. The first-order valence-electron chi connectivity index (χ1n) is 5.43. The first-order valence-corrected chi connectivity index (χ1v) is 5.43. The van der Waals surface area contributed by atoms with Gasteiger partial charge in [0.05, 0.1) is 11.8 Å². The highest BCUT2D eigenvalue weighted by Crippen LogP contribution is 2.31. The lowest BCUT2D eigenvalue weighted by molar-refractivity contribution is -0.141. The molecule has 2 amide bonds. The van der Waals surface area contributed by atoms with Gasteiger partial charge in [0.1, 0.15) is 0 Å². The molecule has 5 nitrogen and oxygen atoms in total. The fraction of sp³-hybridized carbons (Fsp3) is 0.818. The van der Waals surface area contributed by atoms with E-state index in [4.69, 9.17) is 9.47 Å². The van der Waals surface area contributed by atoms with Crippen LogP contribution in [0.3, 0.4) is 0 Å². The van der Waals surface area contributed by atoms with E-state index in [0.29, 0.717) is 12.8 Å². The van der Waals surface area contributed by atoms with Crippen molar-refractivity contribution in [2.45, 2.75) is 26.1 Å². The van der Waals surface area contributed by atoms with E-state index in [2.05, 4.69) is 0 Å². The van der Waals surface area contributed by atoms with Gasteiger partial charge < -0.3 is 9.47 Å². The smallest absolute Gasteiger partial charge is 0.233 e. The molecule has 0 spiro atoms. The lowest BCUT2D eigenvalue weighted by Crippen LogP contribution is -2.28. The molecule has 1 heterocycles. The van der Waals surface area contributed by atoms with Gasteiger partial charge in [-0.2, -0.15) is 0 Å². The van der Waals surface area contributed by atoms with Crippen molar-refractivity contribution in [2.75, 3.05) is 21.3 Å². The predicted molar refractivity (Wildman–Crippen MR) is 57.5 cm³/mol. The Morgan fingerprint density at radius 1 is 1.19 bits per heavy atom. The number of hydrogen-bond donors (Lipinski definition) is 0. The molecule has 16 heavy (non-hydrogen) atoms. The molecule has 2 atom stereocenters. The van der Waals surface area contributed by atoms with Crippen LogP contribution < -0.4 is 0 Å². The molecule has 1 fully saturated rings. The van der Waals surface area contributed by atoms with E-state index in [-0.39, 0.29) is 23.7 Å². The SMILES string of the molecule is CCC1C(=O)N(C)C(=O)C1CC(OC)OC. The summed E-state index contributed by atoms with van der Waals surface area (Å²) in [6.45, 7) is 1.91. The molecule has 1 saturated heterocycles. The maximum absolute atomic E-state index is 11.8. The van der Waals surface area contributed by atoms with E-state index < -0.39 is 6.29 Å². The Kier molecular flexibility index (Phi) is 4.44. The van der Waals surface area contributed by atoms with Crippen molar-refractivity contribution in [2.24, 2.45) is 11.8 Å². The second-order valence-electron chi connectivity index (χ2n) is 3.99. The predicted octanol–water partition coefficient (Wildman–Crippen LogP) is 0.636. The Balaban J connectivity index is 2.77.